The third kappa shape index (κ3) is 5.63. The second kappa shape index (κ2) is 12.1. The van der Waals surface area contributed by atoms with Crippen molar-refractivity contribution in [3.05, 3.63) is 82.8 Å². The molecular formula is C29H34ClN5O3. The molecule has 0 bridgehead atoms. The van der Waals surface area contributed by atoms with Gasteiger partial charge in [-0.3, -0.25) is 4.90 Å². The number of nitrogens with one attached hydrogen (secondary N) is 1. The summed E-state index contributed by atoms with van der Waals surface area (Å²) >= 11 is 6.35. The van der Waals surface area contributed by atoms with Crippen LogP contribution in [0.25, 0.3) is 10.9 Å². The molecular weight excluding hydrogens is 502 g/mol. The molecule has 4 heterocycles. The highest BCUT2D eigenvalue weighted by molar-refractivity contribution is 6.31. The van der Waals surface area contributed by atoms with E-state index < -0.39 is 0 Å². The van der Waals surface area contributed by atoms with Crippen molar-refractivity contribution in [2.45, 2.75) is 25.3 Å². The number of aromatic amines is 1. The van der Waals surface area contributed by atoms with Gasteiger partial charge in [0.05, 0.1) is 25.9 Å². The van der Waals surface area contributed by atoms with Gasteiger partial charge in [0.1, 0.15) is 5.75 Å². The van der Waals surface area contributed by atoms with Crippen LogP contribution in [0.1, 0.15) is 35.7 Å². The number of fused-ring (bicyclic) bond motifs is 3. The lowest BCUT2D eigenvalue weighted by molar-refractivity contribution is 0.0368. The first kappa shape index (κ1) is 26.4. The van der Waals surface area contributed by atoms with E-state index in [4.69, 9.17) is 21.1 Å². The van der Waals surface area contributed by atoms with Gasteiger partial charge in [0.15, 0.2) is 0 Å². The van der Waals surface area contributed by atoms with Crippen LogP contribution in [0.5, 0.6) is 5.75 Å². The van der Waals surface area contributed by atoms with Gasteiger partial charge in [-0.2, -0.15) is 0 Å². The maximum atomic E-state index is 6.35. The Kier molecular flexibility index (Phi) is 8.44. The van der Waals surface area contributed by atoms with Crippen molar-refractivity contribution in [1.29, 1.82) is 0 Å². The van der Waals surface area contributed by atoms with Crippen molar-refractivity contribution in [3.8, 4) is 5.75 Å². The third-order valence-corrected chi connectivity index (χ3v) is 7.57. The number of ether oxygens (including phenoxy) is 2. The minimum absolute atomic E-state index is 0. The Morgan fingerprint density at radius 3 is 2.58 bits per heavy atom. The molecule has 1 atom stereocenters. The molecule has 9 heteroatoms. The fourth-order valence-electron chi connectivity index (χ4n) is 5.46. The fourth-order valence-corrected chi connectivity index (χ4v) is 5.63. The minimum atomic E-state index is -0.0279. The van der Waals surface area contributed by atoms with Gasteiger partial charge in [0.25, 0.3) is 0 Å². The maximum Gasteiger partial charge on any atom is 0.226 e. The molecule has 1 unspecified atom stereocenters. The number of morpholine rings is 1. The summed E-state index contributed by atoms with van der Waals surface area (Å²) in [5, 5.41) is 1.95. The van der Waals surface area contributed by atoms with Crippen molar-refractivity contribution < 1.29 is 14.9 Å². The SMILES string of the molecule is Clc1ccc2[nH]c3c(c2c1)CCN(c1ncccn1)C3c1ccc(OCCCCN2CCOCC2)cc1.O. The zero-order valence-electron chi connectivity index (χ0n) is 21.4. The van der Waals surface area contributed by atoms with Gasteiger partial charge in [-0.15, -0.1) is 0 Å². The molecule has 0 radical (unpaired) electrons. The Bertz CT molecular complexity index is 1330. The molecule has 2 aliphatic rings. The molecule has 0 amide bonds. The number of unbranched alkanes of at least 4 members (excludes halogenated alkanes) is 1. The van der Waals surface area contributed by atoms with Crippen LogP contribution in [-0.2, 0) is 11.2 Å². The molecule has 4 aromatic rings. The van der Waals surface area contributed by atoms with E-state index in [1.807, 2.05) is 12.1 Å². The summed E-state index contributed by atoms with van der Waals surface area (Å²) in [5.41, 5.74) is 4.76. The predicted molar refractivity (Wildman–Crippen MR) is 150 cm³/mol. The van der Waals surface area contributed by atoms with E-state index in [1.54, 1.807) is 12.4 Å². The molecule has 0 saturated carbocycles. The zero-order chi connectivity index (χ0) is 25.0. The van der Waals surface area contributed by atoms with E-state index in [0.717, 1.165) is 87.5 Å². The van der Waals surface area contributed by atoms with Crippen LogP contribution in [0.3, 0.4) is 0 Å². The van der Waals surface area contributed by atoms with Crippen LogP contribution in [-0.4, -0.2) is 71.3 Å². The predicted octanol–water partition coefficient (Wildman–Crippen LogP) is 4.43. The van der Waals surface area contributed by atoms with Gasteiger partial charge in [0.2, 0.25) is 5.95 Å². The molecule has 8 nitrogen and oxygen atoms in total. The number of hydrogen-bond donors (Lipinski definition) is 1. The highest BCUT2D eigenvalue weighted by atomic mass is 35.5. The second-order valence-corrected chi connectivity index (χ2v) is 10.1. The van der Waals surface area contributed by atoms with Gasteiger partial charge in [0, 0.05) is 53.6 Å². The number of nitrogens with zero attached hydrogens (tertiary/aromatic N) is 4. The van der Waals surface area contributed by atoms with E-state index in [1.165, 1.54) is 22.2 Å². The topological polar surface area (TPSA) is 98.0 Å². The lowest BCUT2D eigenvalue weighted by Crippen LogP contribution is -2.37. The summed E-state index contributed by atoms with van der Waals surface area (Å²) in [5.74, 6) is 1.63. The van der Waals surface area contributed by atoms with Crippen molar-refractivity contribution in [2.75, 3.05) is 50.9 Å². The molecule has 200 valence electrons. The monoisotopic (exact) mass is 535 g/mol. The average molecular weight is 536 g/mol. The molecule has 2 aromatic heterocycles. The third-order valence-electron chi connectivity index (χ3n) is 7.33. The number of aromatic nitrogens is 3. The molecule has 1 saturated heterocycles. The number of benzene rings is 2. The largest absolute Gasteiger partial charge is 0.494 e. The minimum Gasteiger partial charge on any atom is -0.494 e. The van der Waals surface area contributed by atoms with Gasteiger partial charge in [-0.25, -0.2) is 9.97 Å². The van der Waals surface area contributed by atoms with E-state index in [2.05, 4.69) is 61.1 Å². The lowest BCUT2D eigenvalue weighted by atomic mass is 9.92. The van der Waals surface area contributed by atoms with E-state index in [0.29, 0.717) is 0 Å². The Hall–Kier alpha value is -3.17. The Labute approximate surface area is 227 Å². The van der Waals surface area contributed by atoms with Gasteiger partial charge < -0.3 is 24.8 Å². The molecule has 6 rings (SSSR count). The standard InChI is InChI=1S/C29H32ClN5O2.H2O/c30-22-6-9-26-25(20-22)24-10-14-35(29-31-11-3-12-32-29)28(27(24)33-26)21-4-7-23(8-5-21)37-17-2-1-13-34-15-18-36-19-16-34;/h3-9,11-12,20,28,33H,1-2,10,13-19H2;1H2. The van der Waals surface area contributed by atoms with E-state index in [-0.39, 0.29) is 11.5 Å². The molecule has 0 aliphatic carbocycles. The van der Waals surface area contributed by atoms with Crippen LogP contribution < -0.4 is 9.64 Å². The lowest BCUT2D eigenvalue weighted by Gasteiger charge is -2.36. The van der Waals surface area contributed by atoms with Gasteiger partial charge in [-0.1, -0.05) is 23.7 Å². The summed E-state index contributed by atoms with van der Waals surface area (Å²) in [6.07, 6.45) is 6.68. The van der Waals surface area contributed by atoms with Crippen LogP contribution >= 0.6 is 11.6 Å². The van der Waals surface area contributed by atoms with Crippen molar-refractivity contribution in [3.63, 3.8) is 0 Å². The van der Waals surface area contributed by atoms with Crippen molar-refractivity contribution in [1.82, 2.24) is 19.9 Å². The van der Waals surface area contributed by atoms with E-state index >= 15 is 0 Å². The first-order valence-electron chi connectivity index (χ1n) is 13.1. The van der Waals surface area contributed by atoms with Crippen LogP contribution in [0, 0.1) is 0 Å². The summed E-state index contributed by atoms with van der Waals surface area (Å²) in [4.78, 5) is 17.6. The molecule has 3 N–H and O–H groups in total. The molecule has 2 aromatic carbocycles. The van der Waals surface area contributed by atoms with Gasteiger partial charge >= 0.3 is 0 Å². The Balaban J connectivity index is 0.00000294. The number of rotatable bonds is 8. The van der Waals surface area contributed by atoms with Crippen LogP contribution in [0.15, 0.2) is 60.9 Å². The number of halogens is 1. The first-order valence-corrected chi connectivity index (χ1v) is 13.5. The fraction of sp³-hybridized carbons (Fsp3) is 0.379. The average Bonchev–Trinajstić information content (AvgIpc) is 3.31. The number of hydrogen-bond acceptors (Lipinski definition) is 6. The number of H-pyrrole nitrogens is 1. The zero-order valence-corrected chi connectivity index (χ0v) is 22.2. The smallest absolute Gasteiger partial charge is 0.226 e. The molecule has 2 aliphatic heterocycles. The van der Waals surface area contributed by atoms with Crippen molar-refractivity contribution in [2.24, 2.45) is 0 Å². The summed E-state index contributed by atoms with van der Waals surface area (Å²) < 4.78 is 11.5. The normalized spacial score (nSPS) is 17.7. The molecule has 0 spiro atoms. The van der Waals surface area contributed by atoms with E-state index in [9.17, 15) is 0 Å². The Morgan fingerprint density at radius 2 is 1.79 bits per heavy atom. The van der Waals surface area contributed by atoms with Crippen LogP contribution in [0.4, 0.5) is 5.95 Å². The number of anilines is 1. The quantitative estimate of drug-likeness (QED) is 0.335. The highest BCUT2D eigenvalue weighted by Crippen LogP contribution is 2.40. The van der Waals surface area contributed by atoms with Crippen LogP contribution in [0.2, 0.25) is 5.02 Å². The Morgan fingerprint density at radius 1 is 1.00 bits per heavy atom. The second-order valence-electron chi connectivity index (χ2n) is 9.68. The summed E-state index contributed by atoms with van der Waals surface area (Å²) in [6.45, 7) is 6.45. The van der Waals surface area contributed by atoms with Gasteiger partial charge in [-0.05, 0) is 73.3 Å². The van der Waals surface area contributed by atoms with Crippen molar-refractivity contribution >= 4 is 28.5 Å². The molecule has 1 fully saturated rings. The summed E-state index contributed by atoms with van der Waals surface area (Å²) in [6, 6.07) is 16.4. The summed E-state index contributed by atoms with van der Waals surface area (Å²) in [7, 11) is 0. The molecule has 38 heavy (non-hydrogen) atoms. The maximum absolute atomic E-state index is 6.35. The first-order chi connectivity index (χ1) is 18.3. The highest BCUT2D eigenvalue weighted by Gasteiger charge is 2.33.